The normalized spacial score (nSPS) is 16.0. The van der Waals surface area contributed by atoms with E-state index in [1.807, 2.05) is 30.3 Å². The zero-order valence-electron chi connectivity index (χ0n) is 18.4. The minimum atomic E-state index is -0.349. The second-order valence-electron chi connectivity index (χ2n) is 8.22. The second-order valence-corrected chi connectivity index (χ2v) is 9.80. The summed E-state index contributed by atoms with van der Waals surface area (Å²) in [5.74, 6) is 0.334. The molecule has 174 valence electrons. The molecule has 1 fully saturated rings. The Balaban J connectivity index is 1.59. The molecule has 3 rings (SSSR count). The molecule has 0 bridgehead atoms. The van der Waals surface area contributed by atoms with Gasteiger partial charge in [-0.1, -0.05) is 54.8 Å². The van der Waals surface area contributed by atoms with Gasteiger partial charge in [0.2, 0.25) is 0 Å². The minimum Gasteiger partial charge on any atom is -0.449 e. The lowest BCUT2D eigenvalue weighted by molar-refractivity contribution is -0.380. The summed E-state index contributed by atoms with van der Waals surface area (Å²) < 4.78 is 5.41. The third kappa shape index (κ3) is 7.46. The van der Waals surface area contributed by atoms with Crippen LogP contribution in [-0.4, -0.2) is 47.1 Å². The molecule has 1 aromatic carbocycles. The van der Waals surface area contributed by atoms with Crippen LogP contribution in [0.2, 0.25) is 5.02 Å². The van der Waals surface area contributed by atoms with Crippen LogP contribution in [0.3, 0.4) is 0 Å². The van der Waals surface area contributed by atoms with Gasteiger partial charge in [0.1, 0.15) is 0 Å². The van der Waals surface area contributed by atoms with E-state index >= 15 is 0 Å². The number of thiophene rings is 1. The first-order chi connectivity index (χ1) is 15.4. The van der Waals surface area contributed by atoms with E-state index in [1.165, 1.54) is 11.3 Å². The third-order valence-electron chi connectivity index (χ3n) is 5.56. The van der Waals surface area contributed by atoms with Crippen LogP contribution in [0.25, 0.3) is 0 Å². The fourth-order valence-electron chi connectivity index (χ4n) is 3.92. The molecule has 9 heteroatoms. The Morgan fingerprint density at radius 2 is 2.03 bits per heavy atom. The van der Waals surface area contributed by atoms with E-state index < -0.39 is 0 Å². The molecule has 1 unspecified atom stereocenters. The highest BCUT2D eigenvalue weighted by Crippen LogP contribution is 2.27. The summed E-state index contributed by atoms with van der Waals surface area (Å²) in [6, 6.07) is 11.1. The number of rotatable bonds is 11. The van der Waals surface area contributed by atoms with Gasteiger partial charge in [0.15, 0.2) is 0 Å². The summed E-state index contributed by atoms with van der Waals surface area (Å²) in [6.45, 7) is 6.11. The van der Waals surface area contributed by atoms with Crippen molar-refractivity contribution in [1.82, 2.24) is 9.80 Å². The van der Waals surface area contributed by atoms with Crippen LogP contribution in [0, 0.1) is 16.0 Å². The van der Waals surface area contributed by atoms with Gasteiger partial charge in [-0.3, -0.25) is 15.0 Å². The van der Waals surface area contributed by atoms with Gasteiger partial charge in [-0.05, 0) is 42.5 Å². The predicted octanol–water partition coefficient (Wildman–Crippen LogP) is 5.96. The molecule has 0 aliphatic carbocycles. The monoisotopic (exact) mass is 479 g/mol. The van der Waals surface area contributed by atoms with Crippen molar-refractivity contribution in [3.05, 3.63) is 62.0 Å². The Labute approximate surface area is 198 Å². The van der Waals surface area contributed by atoms with Crippen LogP contribution in [0.15, 0.2) is 36.4 Å². The Kier molecular flexibility index (Phi) is 9.32. The number of likely N-dealkylation sites (tertiary alicyclic amines) is 1. The highest BCUT2D eigenvalue weighted by Gasteiger charge is 2.29. The van der Waals surface area contributed by atoms with E-state index in [0.717, 1.165) is 42.7 Å². The maximum absolute atomic E-state index is 12.3. The van der Waals surface area contributed by atoms with Crippen molar-refractivity contribution in [2.75, 3.05) is 26.2 Å². The summed E-state index contributed by atoms with van der Waals surface area (Å²) in [7, 11) is 0. The number of hydrogen-bond donors (Lipinski definition) is 0. The Bertz CT molecular complexity index is 890. The van der Waals surface area contributed by atoms with Gasteiger partial charge >= 0.3 is 11.1 Å². The van der Waals surface area contributed by atoms with Crippen molar-refractivity contribution in [2.45, 2.75) is 45.7 Å². The Morgan fingerprint density at radius 3 is 2.72 bits per heavy atom. The average Bonchev–Trinajstić information content (AvgIpc) is 3.43. The fraction of sp³-hybridized carbons (Fsp3) is 0.522. The molecule has 1 aliphatic heterocycles. The zero-order chi connectivity index (χ0) is 22.9. The fourth-order valence-corrected chi connectivity index (χ4v) is 4.91. The molecule has 7 nitrogen and oxygen atoms in total. The highest BCUT2D eigenvalue weighted by molar-refractivity contribution is 7.15. The molecule has 1 amide bonds. The lowest BCUT2D eigenvalue weighted by Crippen LogP contribution is -2.33. The molecular weight excluding hydrogens is 450 g/mol. The molecule has 1 aliphatic rings. The van der Waals surface area contributed by atoms with Crippen molar-refractivity contribution < 1.29 is 14.5 Å². The summed E-state index contributed by atoms with van der Waals surface area (Å²) in [5.41, 5.74) is 1.13. The van der Waals surface area contributed by atoms with Crippen molar-refractivity contribution in [3.8, 4) is 0 Å². The molecule has 2 heterocycles. The molecule has 0 radical (unpaired) electrons. The largest absolute Gasteiger partial charge is 0.449 e. The SMILES string of the molecule is CCCCCOC(=O)N1CCC(CN(Cc2ccc(Cl)cc2)Cc2ccc([N+](=O)[O-])s2)C1. The number of carbonyl (C=O) groups is 1. The van der Waals surface area contributed by atoms with E-state index in [4.69, 9.17) is 16.3 Å². The van der Waals surface area contributed by atoms with Crippen LogP contribution in [0.4, 0.5) is 9.80 Å². The Hall–Kier alpha value is -2.16. The number of benzene rings is 1. The standard InChI is InChI=1S/C23H30ClN3O4S/c1-2-3-4-13-31-23(28)26-12-11-19(16-26)15-25(14-18-5-7-20(24)8-6-18)17-21-9-10-22(32-21)27(29)30/h5-10,19H,2-4,11-17H2,1H3. The summed E-state index contributed by atoms with van der Waals surface area (Å²) >= 11 is 7.23. The van der Waals surface area contributed by atoms with Crippen molar-refractivity contribution in [1.29, 1.82) is 0 Å². The van der Waals surface area contributed by atoms with E-state index in [-0.39, 0.29) is 16.0 Å². The lowest BCUT2D eigenvalue weighted by atomic mass is 10.1. The zero-order valence-corrected chi connectivity index (χ0v) is 19.9. The molecule has 2 aromatic rings. The van der Waals surface area contributed by atoms with Crippen LogP contribution in [-0.2, 0) is 17.8 Å². The molecule has 32 heavy (non-hydrogen) atoms. The number of amides is 1. The highest BCUT2D eigenvalue weighted by atomic mass is 35.5. The topological polar surface area (TPSA) is 75.9 Å². The number of unbranched alkanes of at least 4 members (excludes halogenated alkanes) is 2. The van der Waals surface area contributed by atoms with Gasteiger partial charge in [-0.15, -0.1) is 0 Å². The molecule has 1 saturated heterocycles. The third-order valence-corrected chi connectivity index (χ3v) is 6.83. The van der Waals surface area contributed by atoms with Crippen LogP contribution >= 0.6 is 22.9 Å². The van der Waals surface area contributed by atoms with E-state index in [1.54, 1.807) is 11.0 Å². The van der Waals surface area contributed by atoms with Gasteiger partial charge in [-0.25, -0.2) is 4.79 Å². The van der Waals surface area contributed by atoms with Gasteiger partial charge in [0.25, 0.3) is 0 Å². The van der Waals surface area contributed by atoms with Crippen LogP contribution < -0.4 is 0 Å². The van der Waals surface area contributed by atoms with Crippen LogP contribution in [0.1, 0.15) is 43.0 Å². The first-order valence-corrected chi connectivity index (χ1v) is 12.3. The molecule has 0 spiro atoms. The lowest BCUT2D eigenvalue weighted by Gasteiger charge is -2.25. The summed E-state index contributed by atoms with van der Waals surface area (Å²) in [4.78, 5) is 28.1. The van der Waals surface area contributed by atoms with Gasteiger partial charge in [0.05, 0.1) is 11.5 Å². The average molecular weight is 480 g/mol. The van der Waals surface area contributed by atoms with Gasteiger partial charge in [-0.2, -0.15) is 0 Å². The number of nitro groups is 1. The van der Waals surface area contributed by atoms with Crippen molar-refractivity contribution in [3.63, 3.8) is 0 Å². The summed E-state index contributed by atoms with van der Waals surface area (Å²) in [6.07, 6.45) is 3.77. The van der Waals surface area contributed by atoms with E-state index in [2.05, 4.69) is 11.8 Å². The summed E-state index contributed by atoms with van der Waals surface area (Å²) in [5, 5.41) is 11.9. The number of ether oxygens (including phenoxy) is 1. The van der Waals surface area contributed by atoms with Crippen molar-refractivity contribution >= 4 is 34.0 Å². The van der Waals surface area contributed by atoms with Crippen molar-refractivity contribution in [2.24, 2.45) is 5.92 Å². The predicted molar refractivity (Wildman–Crippen MR) is 127 cm³/mol. The quantitative estimate of drug-likeness (QED) is 0.226. The molecule has 1 aromatic heterocycles. The Morgan fingerprint density at radius 1 is 1.25 bits per heavy atom. The van der Waals surface area contributed by atoms with Gasteiger partial charge < -0.3 is 9.64 Å². The molecule has 0 N–H and O–H groups in total. The van der Waals surface area contributed by atoms with E-state index in [9.17, 15) is 14.9 Å². The number of nitrogens with zero attached hydrogens (tertiary/aromatic N) is 3. The maximum atomic E-state index is 12.3. The van der Waals surface area contributed by atoms with Crippen LogP contribution in [0.5, 0.6) is 0 Å². The van der Waals surface area contributed by atoms with Gasteiger partial charge in [0, 0.05) is 48.7 Å². The molecular formula is C23H30ClN3O4S. The maximum Gasteiger partial charge on any atom is 0.409 e. The smallest absolute Gasteiger partial charge is 0.409 e. The number of carbonyl (C=O) groups excluding carboxylic acids is 1. The second kappa shape index (κ2) is 12.2. The van der Waals surface area contributed by atoms with E-state index in [0.29, 0.717) is 43.7 Å². The first kappa shape index (κ1) is 24.5. The first-order valence-electron chi connectivity index (χ1n) is 11.1. The minimum absolute atomic E-state index is 0.157. The number of halogens is 1. The molecule has 0 saturated carbocycles. The number of hydrogen-bond acceptors (Lipinski definition) is 6. The molecule has 1 atom stereocenters.